The van der Waals surface area contributed by atoms with Crippen molar-refractivity contribution in [1.82, 2.24) is 4.90 Å². The first-order chi connectivity index (χ1) is 9.58. The van der Waals surface area contributed by atoms with E-state index >= 15 is 0 Å². The van der Waals surface area contributed by atoms with Gasteiger partial charge in [0.15, 0.2) is 0 Å². The van der Waals surface area contributed by atoms with Crippen molar-refractivity contribution in [3.8, 4) is 6.07 Å². The summed E-state index contributed by atoms with van der Waals surface area (Å²) in [5, 5.41) is 22.7. The highest BCUT2D eigenvalue weighted by Crippen LogP contribution is 2.24. The number of ether oxygens (including phenoxy) is 1. The topological polar surface area (TPSA) is 91.4 Å². The van der Waals surface area contributed by atoms with Crippen molar-refractivity contribution < 1.29 is 9.66 Å². The van der Waals surface area contributed by atoms with Crippen LogP contribution in [-0.4, -0.2) is 50.2 Å². The average Bonchev–Trinajstić information content (AvgIpc) is 2.44. The van der Waals surface area contributed by atoms with Crippen molar-refractivity contribution in [2.75, 3.05) is 45.7 Å². The molecule has 1 N–H and O–H groups in total. The molecule has 0 saturated heterocycles. The molecule has 0 radical (unpaired) electrons. The lowest BCUT2D eigenvalue weighted by molar-refractivity contribution is -0.384. The monoisotopic (exact) mass is 278 g/mol. The molecular weight excluding hydrogens is 260 g/mol. The Morgan fingerprint density at radius 2 is 2.25 bits per heavy atom. The van der Waals surface area contributed by atoms with E-state index in [2.05, 4.69) is 10.2 Å². The van der Waals surface area contributed by atoms with Crippen LogP contribution >= 0.6 is 0 Å². The molecule has 0 atom stereocenters. The van der Waals surface area contributed by atoms with Gasteiger partial charge in [0.2, 0.25) is 0 Å². The highest BCUT2D eigenvalue weighted by molar-refractivity contribution is 5.64. The maximum absolute atomic E-state index is 10.9. The molecule has 0 aromatic heterocycles. The summed E-state index contributed by atoms with van der Waals surface area (Å²) >= 11 is 0. The highest BCUT2D eigenvalue weighted by Gasteiger charge is 2.13. The van der Waals surface area contributed by atoms with Crippen molar-refractivity contribution in [3.05, 3.63) is 33.9 Å². The Labute approximate surface area is 117 Å². The zero-order chi connectivity index (χ0) is 15.0. The second-order valence-electron chi connectivity index (χ2n) is 4.32. The van der Waals surface area contributed by atoms with E-state index in [4.69, 9.17) is 10.00 Å². The summed E-state index contributed by atoms with van der Waals surface area (Å²) in [6, 6.07) is 6.25. The Kier molecular flexibility index (Phi) is 6.43. The second-order valence-corrected chi connectivity index (χ2v) is 4.32. The fourth-order valence-corrected chi connectivity index (χ4v) is 1.65. The van der Waals surface area contributed by atoms with E-state index in [0.717, 1.165) is 13.1 Å². The quantitative estimate of drug-likeness (QED) is 0.571. The number of nitriles is 1. The molecule has 0 unspecified atom stereocenters. The second kappa shape index (κ2) is 8.09. The Morgan fingerprint density at radius 1 is 1.50 bits per heavy atom. The van der Waals surface area contributed by atoms with Crippen LogP contribution in [0.25, 0.3) is 0 Å². The fourth-order valence-electron chi connectivity index (χ4n) is 1.65. The van der Waals surface area contributed by atoms with Gasteiger partial charge in [0.25, 0.3) is 5.69 Å². The average molecular weight is 278 g/mol. The predicted molar refractivity (Wildman–Crippen MR) is 75.7 cm³/mol. The molecule has 1 aromatic carbocycles. The number of anilines is 1. The molecule has 0 spiro atoms. The molecular formula is C13H18N4O3. The summed E-state index contributed by atoms with van der Waals surface area (Å²) in [5.41, 5.74) is 0.739. The van der Waals surface area contributed by atoms with Crippen LogP contribution in [0.4, 0.5) is 11.4 Å². The Morgan fingerprint density at radius 3 is 2.85 bits per heavy atom. The summed E-state index contributed by atoms with van der Waals surface area (Å²) in [4.78, 5) is 12.5. The first-order valence-electron chi connectivity index (χ1n) is 6.18. The Hall–Kier alpha value is -2.17. The molecule has 0 aliphatic heterocycles. The maximum Gasteiger partial charge on any atom is 0.292 e. The molecule has 7 heteroatoms. The van der Waals surface area contributed by atoms with E-state index in [0.29, 0.717) is 24.4 Å². The van der Waals surface area contributed by atoms with Gasteiger partial charge >= 0.3 is 0 Å². The van der Waals surface area contributed by atoms with Crippen molar-refractivity contribution in [1.29, 1.82) is 5.26 Å². The molecule has 0 saturated carbocycles. The molecule has 7 nitrogen and oxygen atoms in total. The molecule has 0 heterocycles. The summed E-state index contributed by atoms with van der Waals surface area (Å²) in [6.07, 6.45) is 0. The molecule has 1 rings (SSSR count). The van der Waals surface area contributed by atoms with Crippen LogP contribution in [-0.2, 0) is 4.74 Å². The van der Waals surface area contributed by atoms with Crippen molar-refractivity contribution in [2.45, 2.75) is 0 Å². The van der Waals surface area contributed by atoms with Gasteiger partial charge in [0.1, 0.15) is 5.69 Å². The van der Waals surface area contributed by atoms with Crippen molar-refractivity contribution >= 4 is 11.4 Å². The third-order valence-electron chi connectivity index (χ3n) is 2.81. The molecule has 0 bridgehead atoms. The number of hydrogen-bond donors (Lipinski definition) is 1. The van der Waals surface area contributed by atoms with Gasteiger partial charge in [-0.1, -0.05) is 0 Å². The number of nitrogens with one attached hydrogen (secondary N) is 1. The van der Waals surface area contributed by atoms with Crippen LogP contribution in [0.1, 0.15) is 5.56 Å². The lowest BCUT2D eigenvalue weighted by Gasteiger charge is -2.16. The first kappa shape index (κ1) is 15.9. The highest BCUT2D eigenvalue weighted by atomic mass is 16.6. The number of rotatable bonds is 8. The molecule has 1 aromatic rings. The summed E-state index contributed by atoms with van der Waals surface area (Å²) in [5.74, 6) is 0. The van der Waals surface area contributed by atoms with Crippen LogP contribution in [0.15, 0.2) is 18.2 Å². The maximum atomic E-state index is 10.9. The molecule has 0 amide bonds. The van der Waals surface area contributed by atoms with E-state index in [1.165, 1.54) is 18.2 Å². The van der Waals surface area contributed by atoms with Gasteiger partial charge in [0.05, 0.1) is 23.2 Å². The third-order valence-corrected chi connectivity index (χ3v) is 2.81. The normalized spacial score (nSPS) is 10.3. The summed E-state index contributed by atoms with van der Waals surface area (Å²) in [6.45, 7) is 2.70. The number of hydrogen-bond acceptors (Lipinski definition) is 6. The van der Waals surface area contributed by atoms with Gasteiger partial charge in [-0.25, -0.2) is 0 Å². The number of methoxy groups -OCH3 is 1. The SMILES string of the molecule is COCCN(C)CCNc1cc(C#N)ccc1[N+](=O)[O-]. The molecule has 108 valence electrons. The van der Waals surface area contributed by atoms with E-state index in [-0.39, 0.29) is 5.69 Å². The van der Waals surface area contributed by atoms with Crippen LogP contribution in [0.2, 0.25) is 0 Å². The standard InChI is InChI=1S/C13H18N4O3/c1-16(7-8-20-2)6-5-15-12-9-11(10-14)3-4-13(12)17(18)19/h3-4,9,15H,5-8H2,1-2H3. The van der Waals surface area contributed by atoms with E-state index in [1.54, 1.807) is 7.11 Å². The number of benzene rings is 1. The molecule has 0 aliphatic carbocycles. The number of nitrogens with zero attached hydrogens (tertiary/aromatic N) is 3. The van der Waals surface area contributed by atoms with E-state index < -0.39 is 4.92 Å². The van der Waals surface area contributed by atoms with Crippen LogP contribution in [0.3, 0.4) is 0 Å². The van der Waals surface area contributed by atoms with Gasteiger partial charge in [-0.3, -0.25) is 10.1 Å². The minimum Gasteiger partial charge on any atom is -0.383 e. The van der Waals surface area contributed by atoms with Gasteiger partial charge in [-0.15, -0.1) is 0 Å². The van der Waals surface area contributed by atoms with Gasteiger partial charge in [-0.05, 0) is 19.2 Å². The largest absolute Gasteiger partial charge is 0.383 e. The van der Waals surface area contributed by atoms with Gasteiger partial charge in [-0.2, -0.15) is 5.26 Å². The van der Waals surface area contributed by atoms with Crippen molar-refractivity contribution in [3.63, 3.8) is 0 Å². The summed E-state index contributed by atoms with van der Waals surface area (Å²) in [7, 11) is 3.59. The smallest absolute Gasteiger partial charge is 0.292 e. The van der Waals surface area contributed by atoms with E-state index in [1.807, 2.05) is 13.1 Å². The van der Waals surface area contributed by atoms with Gasteiger partial charge in [0, 0.05) is 32.8 Å². The number of nitro benzene ring substituents is 1. The van der Waals surface area contributed by atoms with Crippen LogP contribution < -0.4 is 5.32 Å². The van der Waals surface area contributed by atoms with E-state index in [9.17, 15) is 10.1 Å². The van der Waals surface area contributed by atoms with Crippen molar-refractivity contribution in [2.24, 2.45) is 0 Å². The predicted octanol–water partition coefficient (Wildman–Crippen LogP) is 1.46. The zero-order valence-corrected chi connectivity index (χ0v) is 11.6. The molecule has 20 heavy (non-hydrogen) atoms. The number of likely N-dealkylation sites (N-methyl/N-ethyl adjacent to an activating group) is 1. The zero-order valence-electron chi connectivity index (χ0n) is 11.6. The Bertz CT molecular complexity index is 499. The third kappa shape index (κ3) is 4.84. The van der Waals surface area contributed by atoms with Crippen LogP contribution in [0.5, 0.6) is 0 Å². The lowest BCUT2D eigenvalue weighted by atomic mass is 10.2. The number of nitro groups is 1. The lowest BCUT2D eigenvalue weighted by Crippen LogP contribution is -2.28. The first-order valence-corrected chi connectivity index (χ1v) is 6.18. The minimum atomic E-state index is -0.460. The molecule has 0 fully saturated rings. The minimum absolute atomic E-state index is 0.0245. The molecule has 0 aliphatic rings. The summed E-state index contributed by atoms with van der Waals surface area (Å²) < 4.78 is 4.97. The van der Waals surface area contributed by atoms with Crippen LogP contribution in [0, 0.1) is 21.4 Å². The fraction of sp³-hybridized carbons (Fsp3) is 0.462. The Balaban J connectivity index is 2.62. The van der Waals surface area contributed by atoms with Gasteiger partial charge < -0.3 is 15.0 Å².